The molecule has 1 aliphatic carbocycles. The predicted molar refractivity (Wildman–Crippen MR) is 121 cm³/mol. The van der Waals surface area contributed by atoms with Gasteiger partial charge in [0.2, 0.25) is 10.0 Å². The molecular formula is C22H33ClN2O4S. The first kappa shape index (κ1) is 25.0. The number of nitrogens with zero attached hydrogens (tertiary/aromatic N) is 1. The van der Waals surface area contributed by atoms with Crippen LogP contribution in [0.1, 0.15) is 54.4 Å². The molecule has 1 aromatic rings. The summed E-state index contributed by atoms with van der Waals surface area (Å²) in [4.78, 5) is 25.2. The van der Waals surface area contributed by atoms with Gasteiger partial charge in [0.15, 0.2) is 11.6 Å². The van der Waals surface area contributed by atoms with Crippen molar-refractivity contribution in [2.24, 2.45) is 11.8 Å². The molecule has 1 aromatic carbocycles. The van der Waals surface area contributed by atoms with Crippen LogP contribution in [0.4, 0.5) is 0 Å². The van der Waals surface area contributed by atoms with Gasteiger partial charge < -0.3 is 5.32 Å². The van der Waals surface area contributed by atoms with Gasteiger partial charge in [0.05, 0.1) is 6.04 Å². The van der Waals surface area contributed by atoms with Gasteiger partial charge in [0.1, 0.15) is 5.75 Å². The highest BCUT2D eigenvalue weighted by atomic mass is 35.5. The third-order valence-corrected chi connectivity index (χ3v) is 8.14. The Morgan fingerprint density at radius 1 is 1.03 bits per heavy atom. The molecule has 0 amide bonds. The number of hydrogen-bond donors (Lipinski definition) is 1. The Kier molecular flexibility index (Phi) is 9.03. The van der Waals surface area contributed by atoms with Crippen molar-refractivity contribution in [3.63, 3.8) is 0 Å². The highest BCUT2D eigenvalue weighted by Gasteiger charge is 2.37. The highest BCUT2D eigenvalue weighted by Crippen LogP contribution is 2.36. The van der Waals surface area contributed by atoms with E-state index in [1.807, 2.05) is 0 Å². The van der Waals surface area contributed by atoms with Crippen LogP contribution >= 0.6 is 12.4 Å². The largest absolute Gasteiger partial charge is 0.307 e. The molecule has 2 fully saturated rings. The molecule has 0 radical (unpaired) electrons. The number of ketones is 2. The van der Waals surface area contributed by atoms with Gasteiger partial charge in [-0.15, -0.1) is 12.4 Å². The number of rotatable bonds is 8. The molecule has 1 N–H and O–H groups in total. The van der Waals surface area contributed by atoms with Crippen molar-refractivity contribution in [1.29, 1.82) is 0 Å². The van der Waals surface area contributed by atoms with Crippen LogP contribution in [0.3, 0.4) is 0 Å². The van der Waals surface area contributed by atoms with Crippen LogP contribution in [0.2, 0.25) is 0 Å². The van der Waals surface area contributed by atoms with Gasteiger partial charge in [0, 0.05) is 26.1 Å². The standard InChI is InChI=1S/C22H32N2O4S.ClH/c1-24(2)29(27,28)15-21(26)18-10-8-16(9-11-18)14-20(25)22-19(12-13-23-22)17-6-4-3-5-7-17;/h8-11,17,19,22-23H,3-7,12-15H2,1-2H3;1H/t19?,22-;/m0./s1. The summed E-state index contributed by atoms with van der Waals surface area (Å²) >= 11 is 0. The number of Topliss-reactive ketones (excluding diaryl/α,β-unsaturated/α-hetero) is 2. The monoisotopic (exact) mass is 456 g/mol. The summed E-state index contributed by atoms with van der Waals surface area (Å²) in [5.74, 6) is 0.331. The predicted octanol–water partition coefficient (Wildman–Crippen LogP) is 2.85. The van der Waals surface area contributed by atoms with E-state index in [0.717, 1.165) is 22.8 Å². The normalized spacial score (nSPS) is 22.6. The Morgan fingerprint density at radius 2 is 1.67 bits per heavy atom. The maximum Gasteiger partial charge on any atom is 0.221 e. The van der Waals surface area contributed by atoms with Crippen LogP contribution < -0.4 is 5.32 Å². The van der Waals surface area contributed by atoms with Gasteiger partial charge in [-0.1, -0.05) is 56.4 Å². The van der Waals surface area contributed by atoms with Crippen molar-refractivity contribution < 1.29 is 18.0 Å². The number of carbonyl (C=O) groups is 2. The average Bonchev–Trinajstić information content (AvgIpc) is 3.19. The summed E-state index contributed by atoms with van der Waals surface area (Å²) < 4.78 is 24.8. The summed E-state index contributed by atoms with van der Waals surface area (Å²) in [6, 6.07) is 6.70. The van der Waals surface area contributed by atoms with Gasteiger partial charge in [0.25, 0.3) is 0 Å². The van der Waals surface area contributed by atoms with Crippen molar-refractivity contribution in [2.45, 2.75) is 51.0 Å². The fourth-order valence-corrected chi connectivity index (χ4v) is 5.40. The molecule has 168 valence electrons. The first-order chi connectivity index (χ1) is 13.8. The lowest BCUT2D eigenvalue weighted by Crippen LogP contribution is -2.40. The molecule has 3 rings (SSSR count). The van der Waals surface area contributed by atoms with E-state index in [0.29, 0.717) is 23.8 Å². The van der Waals surface area contributed by atoms with Crippen molar-refractivity contribution >= 4 is 34.0 Å². The Balaban J connectivity index is 0.00000320. The van der Waals surface area contributed by atoms with Gasteiger partial charge in [-0.2, -0.15) is 0 Å². The third kappa shape index (κ3) is 6.13. The Hall–Kier alpha value is -1.28. The molecular weight excluding hydrogens is 424 g/mol. The molecule has 2 aliphatic rings. The van der Waals surface area contributed by atoms with Crippen LogP contribution in [0, 0.1) is 11.8 Å². The summed E-state index contributed by atoms with van der Waals surface area (Å²) in [5.41, 5.74) is 1.21. The molecule has 1 saturated heterocycles. The van der Waals surface area contributed by atoms with E-state index < -0.39 is 21.6 Å². The highest BCUT2D eigenvalue weighted by molar-refractivity contribution is 7.89. The van der Waals surface area contributed by atoms with Crippen molar-refractivity contribution in [3.05, 3.63) is 35.4 Å². The Bertz CT molecular complexity index is 833. The van der Waals surface area contributed by atoms with Crippen LogP contribution in [0.25, 0.3) is 0 Å². The number of carbonyl (C=O) groups excluding carboxylic acids is 2. The number of hydrogen-bond acceptors (Lipinski definition) is 5. The number of halogens is 1. The van der Waals surface area contributed by atoms with E-state index >= 15 is 0 Å². The lowest BCUT2D eigenvalue weighted by molar-refractivity contribution is -0.121. The average molecular weight is 457 g/mol. The molecule has 1 unspecified atom stereocenters. The van der Waals surface area contributed by atoms with Crippen molar-refractivity contribution in [2.75, 3.05) is 26.4 Å². The third-order valence-electron chi connectivity index (χ3n) is 6.40. The van der Waals surface area contributed by atoms with Crippen LogP contribution in [0.5, 0.6) is 0 Å². The van der Waals surface area contributed by atoms with Crippen LogP contribution in [0.15, 0.2) is 24.3 Å². The quantitative estimate of drug-likeness (QED) is 0.608. The van der Waals surface area contributed by atoms with Crippen molar-refractivity contribution in [1.82, 2.24) is 9.62 Å². The molecule has 6 nitrogen and oxygen atoms in total. The minimum atomic E-state index is -3.58. The second kappa shape index (κ2) is 10.8. The fraction of sp³-hybridized carbons (Fsp3) is 0.636. The number of nitrogens with one attached hydrogen (secondary N) is 1. The topological polar surface area (TPSA) is 83.6 Å². The van der Waals surface area contributed by atoms with Crippen LogP contribution in [-0.2, 0) is 21.2 Å². The minimum Gasteiger partial charge on any atom is -0.307 e. The second-order valence-corrected chi connectivity index (χ2v) is 10.8. The lowest BCUT2D eigenvalue weighted by Gasteiger charge is -2.30. The van der Waals surface area contributed by atoms with Gasteiger partial charge in [-0.05, 0) is 30.4 Å². The molecule has 1 aliphatic heterocycles. The first-order valence-electron chi connectivity index (χ1n) is 10.6. The zero-order valence-corrected chi connectivity index (χ0v) is 19.4. The van der Waals surface area contributed by atoms with E-state index in [1.165, 1.54) is 46.2 Å². The van der Waals surface area contributed by atoms with E-state index in [1.54, 1.807) is 24.3 Å². The van der Waals surface area contributed by atoms with Crippen LogP contribution in [-0.4, -0.2) is 56.7 Å². The zero-order chi connectivity index (χ0) is 21.0. The molecule has 0 bridgehead atoms. The molecule has 0 spiro atoms. The van der Waals surface area contributed by atoms with Gasteiger partial charge in [-0.25, -0.2) is 12.7 Å². The Labute approximate surface area is 186 Å². The van der Waals surface area contributed by atoms with E-state index in [9.17, 15) is 18.0 Å². The SMILES string of the molecule is CN(C)S(=O)(=O)CC(=O)c1ccc(CC(=O)[C@H]2NCCC2C2CCCCC2)cc1.Cl. The maximum atomic E-state index is 12.9. The van der Waals surface area contributed by atoms with E-state index in [-0.39, 0.29) is 24.2 Å². The minimum absolute atomic E-state index is 0. The molecule has 2 atom stereocenters. The summed E-state index contributed by atoms with van der Waals surface area (Å²) in [7, 11) is -0.758. The maximum absolute atomic E-state index is 12.9. The number of sulfonamides is 1. The zero-order valence-electron chi connectivity index (χ0n) is 17.8. The lowest BCUT2D eigenvalue weighted by atomic mass is 9.75. The second-order valence-electron chi connectivity index (χ2n) is 8.58. The molecule has 0 aromatic heterocycles. The molecule has 8 heteroatoms. The van der Waals surface area contributed by atoms with E-state index in [4.69, 9.17) is 0 Å². The van der Waals surface area contributed by atoms with Gasteiger partial charge in [-0.3, -0.25) is 9.59 Å². The summed E-state index contributed by atoms with van der Waals surface area (Å²) in [6.45, 7) is 0.908. The van der Waals surface area contributed by atoms with Crippen molar-refractivity contribution in [3.8, 4) is 0 Å². The first-order valence-corrected chi connectivity index (χ1v) is 12.2. The summed E-state index contributed by atoms with van der Waals surface area (Å²) in [5, 5.41) is 3.41. The van der Waals surface area contributed by atoms with Gasteiger partial charge >= 0.3 is 0 Å². The molecule has 1 heterocycles. The fourth-order valence-electron chi connectivity index (χ4n) is 4.64. The van der Waals surface area contributed by atoms with E-state index in [2.05, 4.69) is 5.32 Å². The molecule has 1 saturated carbocycles. The molecule has 30 heavy (non-hydrogen) atoms. The Morgan fingerprint density at radius 3 is 2.27 bits per heavy atom. The number of benzene rings is 1. The summed E-state index contributed by atoms with van der Waals surface area (Å²) in [6.07, 6.45) is 7.77. The smallest absolute Gasteiger partial charge is 0.221 e.